The van der Waals surface area contributed by atoms with Crippen molar-refractivity contribution in [1.82, 2.24) is 5.32 Å². The van der Waals surface area contributed by atoms with Crippen LogP contribution in [0.4, 0.5) is 0 Å². The smallest absolute Gasteiger partial charge is 0.306 e. The Morgan fingerprint density at radius 1 is 1.00 bits per heavy atom. The van der Waals surface area contributed by atoms with Crippen molar-refractivity contribution in [2.45, 2.75) is 51.4 Å². The Balaban J connectivity index is 1.18. The number of methoxy groups -OCH3 is 2. The molecule has 30 heavy (non-hydrogen) atoms. The van der Waals surface area contributed by atoms with Crippen molar-refractivity contribution in [1.29, 1.82) is 0 Å². The van der Waals surface area contributed by atoms with Gasteiger partial charge in [0.15, 0.2) is 18.1 Å². The summed E-state index contributed by atoms with van der Waals surface area (Å²) in [6, 6.07) is 5.56. The lowest BCUT2D eigenvalue weighted by Gasteiger charge is -2.56. The minimum absolute atomic E-state index is 0.190. The highest BCUT2D eigenvalue weighted by Crippen LogP contribution is 2.59. The first-order chi connectivity index (χ1) is 14.5. The lowest BCUT2D eigenvalue weighted by Crippen LogP contribution is -2.51. The predicted molar refractivity (Wildman–Crippen MR) is 112 cm³/mol. The maximum absolute atomic E-state index is 12.3. The Kier molecular flexibility index (Phi) is 6.21. The number of amides is 1. The Hall–Kier alpha value is -2.24. The molecule has 4 saturated carbocycles. The van der Waals surface area contributed by atoms with Gasteiger partial charge < -0.3 is 19.5 Å². The number of benzene rings is 1. The van der Waals surface area contributed by atoms with Gasteiger partial charge in [-0.3, -0.25) is 9.59 Å². The number of carbonyl (C=O) groups is 2. The van der Waals surface area contributed by atoms with Crippen molar-refractivity contribution in [2.24, 2.45) is 23.2 Å². The minimum Gasteiger partial charge on any atom is -0.493 e. The van der Waals surface area contributed by atoms with Crippen molar-refractivity contribution < 1.29 is 23.8 Å². The Labute approximate surface area is 178 Å². The molecule has 0 aliphatic heterocycles. The number of nitrogens with one attached hydrogen (secondary N) is 1. The SMILES string of the molecule is COc1ccc(CCC(=O)OCC(=O)NCC23CC4CC(CC(C4)C2)C3)cc1OC. The third-order valence-electron chi connectivity index (χ3n) is 7.26. The van der Waals surface area contributed by atoms with E-state index in [9.17, 15) is 9.59 Å². The van der Waals surface area contributed by atoms with Gasteiger partial charge in [-0.1, -0.05) is 6.07 Å². The number of hydrogen-bond acceptors (Lipinski definition) is 5. The number of aryl methyl sites for hydroxylation is 1. The Morgan fingerprint density at radius 3 is 2.23 bits per heavy atom. The van der Waals surface area contributed by atoms with Crippen LogP contribution < -0.4 is 14.8 Å². The van der Waals surface area contributed by atoms with Gasteiger partial charge in [0.2, 0.25) is 0 Å². The molecule has 1 aromatic rings. The second-order valence-electron chi connectivity index (χ2n) is 9.54. The molecule has 6 heteroatoms. The highest BCUT2D eigenvalue weighted by atomic mass is 16.5. The van der Waals surface area contributed by atoms with E-state index in [-0.39, 0.29) is 24.9 Å². The third-order valence-corrected chi connectivity index (χ3v) is 7.26. The van der Waals surface area contributed by atoms with Gasteiger partial charge in [-0.25, -0.2) is 0 Å². The molecule has 6 nitrogen and oxygen atoms in total. The Morgan fingerprint density at radius 2 is 1.63 bits per heavy atom. The van der Waals surface area contributed by atoms with E-state index in [1.54, 1.807) is 14.2 Å². The number of hydrogen-bond donors (Lipinski definition) is 1. The second kappa shape index (κ2) is 8.86. The van der Waals surface area contributed by atoms with E-state index < -0.39 is 0 Å². The topological polar surface area (TPSA) is 73.9 Å². The molecule has 0 radical (unpaired) electrons. The van der Waals surface area contributed by atoms with Gasteiger partial charge in [-0.2, -0.15) is 0 Å². The molecule has 0 aromatic heterocycles. The summed E-state index contributed by atoms with van der Waals surface area (Å²) in [4.78, 5) is 24.3. The highest BCUT2D eigenvalue weighted by molar-refractivity contribution is 5.80. The van der Waals surface area contributed by atoms with E-state index >= 15 is 0 Å². The molecule has 0 unspecified atom stereocenters. The molecular formula is C24H33NO5. The predicted octanol–water partition coefficient (Wildman–Crippen LogP) is 3.51. The highest BCUT2D eigenvalue weighted by Gasteiger charge is 2.50. The summed E-state index contributed by atoms with van der Waals surface area (Å²) in [5.74, 6) is 3.32. The largest absolute Gasteiger partial charge is 0.493 e. The van der Waals surface area contributed by atoms with Gasteiger partial charge in [0, 0.05) is 13.0 Å². The lowest BCUT2D eigenvalue weighted by molar-refractivity contribution is -0.148. The van der Waals surface area contributed by atoms with E-state index in [4.69, 9.17) is 14.2 Å². The summed E-state index contributed by atoms with van der Waals surface area (Å²) in [5.41, 5.74) is 1.25. The molecule has 1 N–H and O–H groups in total. The zero-order valence-corrected chi connectivity index (χ0v) is 18.1. The first-order valence-corrected chi connectivity index (χ1v) is 11.1. The minimum atomic E-state index is -0.366. The fourth-order valence-electron chi connectivity index (χ4n) is 6.34. The van der Waals surface area contributed by atoms with Crippen LogP contribution in [-0.2, 0) is 20.7 Å². The number of esters is 1. The molecule has 4 fully saturated rings. The zero-order chi connectivity index (χ0) is 21.1. The molecule has 4 bridgehead atoms. The molecule has 164 valence electrons. The molecule has 0 heterocycles. The van der Waals surface area contributed by atoms with Crippen molar-refractivity contribution >= 4 is 11.9 Å². The maximum atomic E-state index is 12.3. The van der Waals surface area contributed by atoms with Crippen molar-refractivity contribution in [3.8, 4) is 11.5 Å². The molecule has 1 amide bonds. The molecule has 4 aliphatic rings. The van der Waals surface area contributed by atoms with Crippen LogP contribution in [0.25, 0.3) is 0 Å². The fraction of sp³-hybridized carbons (Fsp3) is 0.667. The summed E-state index contributed by atoms with van der Waals surface area (Å²) >= 11 is 0. The Bertz CT molecular complexity index is 755. The standard InChI is InChI=1S/C24H33NO5/c1-28-20-5-3-16(10-21(20)29-2)4-6-23(27)30-14-22(26)25-15-24-11-17-7-18(12-24)9-19(8-17)13-24/h3,5,10,17-19H,4,6-9,11-15H2,1-2H3,(H,25,26). The lowest BCUT2D eigenvalue weighted by atomic mass is 9.49. The van der Waals surface area contributed by atoms with Crippen LogP contribution in [0, 0.1) is 23.2 Å². The van der Waals surface area contributed by atoms with E-state index in [0.29, 0.717) is 23.3 Å². The van der Waals surface area contributed by atoms with Gasteiger partial charge in [0.05, 0.1) is 14.2 Å². The van der Waals surface area contributed by atoms with Crippen LogP contribution in [0.15, 0.2) is 18.2 Å². The normalized spacial score (nSPS) is 28.8. The molecule has 0 saturated heterocycles. The van der Waals surface area contributed by atoms with Gasteiger partial charge in [0.25, 0.3) is 5.91 Å². The first kappa shape index (κ1) is 21.0. The molecular weight excluding hydrogens is 382 g/mol. The third kappa shape index (κ3) is 4.73. The molecule has 5 rings (SSSR count). The van der Waals surface area contributed by atoms with Crippen LogP contribution in [0.1, 0.15) is 50.5 Å². The summed E-state index contributed by atoms with van der Waals surface area (Å²) in [6.45, 7) is 0.537. The second-order valence-corrected chi connectivity index (χ2v) is 9.54. The van der Waals surface area contributed by atoms with E-state index in [2.05, 4.69) is 5.32 Å². The van der Waals surface area contributed by atoms with Crippen molar-refractivity contribution in [3.63, 3.8) is 0 Å². The molecule has 1 aromatic carbocycles. The van der Waals surface area contributed by atoms with Crippen LogP contribution in [-0.4, -0.2) is 39.2 Å². The van der Waals surface area contributed by atoms with Crippen LogP contribution in [0.3, 0.4) is 0 Å². The summed E-state index contributed by atoms with van der Waals surface area (Å²) in [6.07, 6.45) is 8.69. The number of ether oxygens (including phenoxy) is 3. The van der Waals surface area contributed by atoms with Gasteiger partial charge in [-0.15, -0.1) is 0 Å². The summed E-state index contributed by atoms with van der Waals surface area (Å²) < 4.78 is 15.7. The maximum Gasteiger partial charge on any atom is 0.306 e. The van der Waals surface area contributed by atoms with E-state index in [1.807, 2.05) is 18.2 Å². The van der Waals surface area contributed by atoms with Gasteiger partial charge in [0.1, 0.15) is 0 Å². The molecule has 4 aliphatic carbocycles. The fourth-order valence-corrected chi connectivity index (χ4v) is 6.34. The van der Waals surface area contributed by atoms with Gasteiger partial charge in [-0.05, 0) is 85.8 Å². The monoisotopic (exact) mass is 415 g/mol. The molecule has 0 atom stereocenters. The van der Waals surface area contributed by atoms with Crippen LogP contribution >= 0.6 is 0 Å². The quantitative estimate of drug-likeness (QED) is 0.625. The first-order valence-electron chi connectivity index (χ1n) is 11.1. The van der Waals surface area contributed by atoms with Crippen molar-refractivity contribution in [3.05, 3.63) is 23.8 Å². The average Bonchev–Trinajstić information content (AvgIpc) is 2.73. The number of rotatable bonds is 9. The van der Waals surface area contributed by atoms with E-state index in [0.717, 1.165) is 29.9 Å². The van der Waals surface area contributed by atoms with Crippen LogP contribution in [0.2, 0.25) is 0 Å². The van der Waals surface area contributed by atoms with Crippen LogP contribution in [0.5, 0.6) is 11.5 Å². The summed E-state index contributed by atoms with van der Waals surface area (Å²) in [5, 5.41) is 3.05. The van der Waals surface area contributed by atoms with Gasteiger partial charge >= 0.3 is 5.97 Å². The average molecular weight is 416 g/mol. The molecule has 0 spiro atoms. The number of carbonyl (C=O) groups excluding carboxylic acids is 2. The summed E-state index contributed by atoms with van der Waals surface area (Å²) in [7, 11) is 3.17. The zero-order valence-electron chi connectivity index (χ0n) is 18.1. The van der Waals surface area contributed by atoms with Crippen molar-refractivity contribution in [2.75, 3.05) is 27.4 Å². The van der Waals surface area contributed by atoms with E-state index in [1.165, 1.54) is 38.5 Å².